The van der Waals surface area contributed by atoms with Crippen LogP contribution in [0.1, 0.15) is 19.8 Å². The Bertz CT molecular complexity index is 107. The average molecular weight is 131 g/mol. The van der Waals surface area contributed by atoms with Gasteiger partial charge in [0.1, 0.15) is 6.23 Å². The summed E-state index contributed by atoms with van der Waals surface area (Å²) in [5.41, 5.74) is 5.09. The highest BCUT2D eigenvalue weighted by Crippen LogP contribution is 2.26. The summed E-state index contributed by atoms with van der Waals surface area (Å²) in [5, 5.41) is 8.76. The second-order valence-electron chi connectivity index (χ2n) is 2.80. The molecular weight excluding hydrogens is 118 g/mol. The predicted molar refractivity (Wildman–Crippen MR) is 33.8 cm³/mol. The summed E-state index contributed by atoms with van der Waals surface area (Å²) in [6, 6.07) is 0. The van der Waals surface area contributed by atoms with E-state index in [9.17, 15) is 0 Å². The first-order valence-electron chi connectivity index (χ1n) is 3.20. The van der Waals surface area contributed by atoms with Crippen molar-refractivity contribution in [2.75, 3.05) is 6.61 Å². The smallest absolute Gasteiger partial charge is 0.106 e. The van der Waals surface area contributed by atoms with Crippen molar-refractivity contribution in [1.29, 1.82) is 0 Å². The second-order valence-corrected chi connectivity index (χ2v) is 2.80. The monoisotopic (exact) mass is 131 g/mol. The van der Waals surface area contributed by atoms with Gasteiger partial charge in [-0.3, -0.25) is 0 Å². The first-order chi connectivity index (χ1) is 4.16. The first-order valence-corrected chi connectivity index (χ1v) is 3.20. The molecule has 0 saturated carbocycles. The lowest BCUT2D eigenvalue weighted by atomic mass is 10.0. The lowest BCUT2D eigenvalue weighted by Gasteiger charge is -2.20. The molecule has 3 heteroatoms. The molecule has 3 N–H and O–H groups in total. The van der Waals surface area contributed by atoms with Crippen LogP contribution in [-0.2, 0) is 4.74 Å². The van der Waals surface area contributed by atoms with E-state index in [1.165, 1.54) is 0 Å². The molecule has 0 aromatic rings. The van der Waals surface area contributed by atoms with Crippen LogP contribution in [0.2, 0.25) is 0 Å². The van der Waals surface area contributed by atoms with Gasteiger partial charge in [-0.25, -0.2) is 0 Å². The van der Waals surface area contributed by atoms with Crippen LogP contribution in [-0.4, -0.2) is 23.5 Å². The van der Waals surface area contributed by atoms with Crippen molar-refractivity contribution in [3.05, 3.63) is 0 Å². The van der Waals surface area contributed by atoms with Crippen molar-refractivity contribution in [2.24, 2.45) is 5.73 Å². The molecule has 2 atom stereocenters. The Morgan fingerprint density at radius 1 is 1.89 bits per heavy atom. The molecule has 0 aliphatic carbocycles. The maximum atomic E-state index is 8.76. The standard InChI is InChI=1S/C6H13NO2/c1-6(4-8)3-2-5(7)9-6/h5,8H,2-4,7H2,1H3/t5-,6+/m1/s1. The first kappa shape index (κ1) is 6.99. The van der Waals surface area contributed by atoms with E-state index in [1.807, 2.05) is 6.92 Å². The fourth-order valence-electron chi connectivity index (χ4n) is 1.05. The summed E-state index contributed by atoms with van der Waals surface area (Å²) in [4.78, 5) is 0. The zero-order chi connectivity index (χ0) is 6.91. The molecule has 0 aromatic carbocycles. The fourth-order valence-corrected chi connectivity index (χ4v) is 1.05. The minimum absolute atomic E-state index is 0.0701. The summed E-state index contributed by atoms with van der Waals surface area (Å²) < 4.78 is 5.23. The highest BCUT2D eigenvalue weighted by Gasteiger charge is 2.33. The Labute approximate surface area is 54.8 Å². The number of hydrogen-bond acceptors (Lipinski definition) is 3. The topological polar surface area (TPSA) is 55.5 Å². The third-order valence-electron chi connectivity index (χ3n) is 1.73. The molecule has 0 aromatic heterocycles. The molecule has 1 rings (SSSR count). The van der Waals surface area contributed by atoms with Crippen LogP contribution in [0.25, 0.3) is 0 Å². The molecule has 0 spiro atoms. The average Bonchev–Trinajstić information content (AvgIpc) is 2.13. The molecule has 1 heterocycles. The van der Waals surface area contributed by atoms with Crippen LogP contribution in [0.5, 0.6) is 0 Å². The number of aliphatic hydroxyl groups is 1. The van der Waals surface area contributed by atoms with Gasteiger partial charge >= 0.3 is 0 Å². The Morgan fingerprint density at radius 3 is 2.78 bits per heavy atom. The van der Waals surface area contributed by atoms with Gasteiger partial charge in [-0.2, -0.15) is 0 Å². The highest BCUT2D eigenvalue weighted by atomic mass is 16.5. The third kappa shape index (κ3) is 1.41. The maximum Gasteiger partial charge on any atom is 0.106 e. The molecule has 1 aliphatic heterocycles. The lowest BCUT2D eigenvalue weighted by Crippen LogP contribution is -2.31. The number of ether oxygens (including phenoxy) is 1. The number of rotatable bonds is 1. The Kier molecular flexibility index (Phi) is 1.75. The Morgan fingerprint density at radius 2 is 2.56 bits per heavy atom. The van der Waals surface area contributed by atoms with Crippen molar-refractivity contribution in [3.63, 3.8) is 0 Å². The second kappa shape index (κ2) is 2.25. The van der Waals surface area contributed by atoms with Crippen LogP contribution >= 0.6 is 0 Å². The van der Waals surface area contributed by atoms with Gasteiger partial charge in [0.15, 0.2) is 0 Å². The number of hydrogen-bond donors (Lipinski definition) is 2. The van der Waals surface area contributed by atoms with E-state index in [0.717, 1.165) is 12.8 Å². The molecule has 3 nitrogen and oxygen atoms in total. The van der Waals surface area contributed by atoms with Crippen molar-refractivity contribution in [2.45, 2.75) is 31.6 Å². The molecule has 1 aliphatic rings. The minimum atomic E-state index is -0.362. The van der Waals surface area contributed by atoms with Crippen LogP contribution in [0.15, 0.2) is 0 Å². The van der Waals surface area contributed by atoms with Crippen LogP contribution in [0.3, 0.4) is 0 Å². The van der Waals surface area contributed by atoms with E-state index in [4.69, 9.17) is 15.6 Å². The van der Waals surface area contributed by atoms with Crippen molar-refractivity contribution >= 4 is 0 Å². The van der Waals surface area contributed by atoms with E-state index in [2.05, 4.69) is 0 Å². The molecule has 0 radical (unpaired) electrons. The van der Waals surface area contributed by atoms with Crippen molar-refractivity contribution < 1.29 is 9.84 Å². The van der Waals surface area contributed by atoms with E-state index < -0.39 is 0 Å². The largest absolute Gasteiger partial charge is 0.393 e. The van der Waals surface area contributed by atoms with Crippen LogP contribution < -0.4 is 5.73 Å². The molecule has 0 unspecified atom stereocenters. The summed E-state index contributed by atoms with van der Waals surface area (Å²) in [5.74, 6) is 0. The van der Waals surface area contributed by atoms with Crippen molar-refractivity contribution in [3.8, 4) is 0 Å². The van der Waals surface area contributed by atoms with Crippen LogP contribution in [0.4, 0.5) is 0 Å². The van der Waals surface area contributed by atoms with Gasteiger partial charge in [-0.1, -0.05) is 0 Å². The molecule has 0 amide bonds. The molecule has 9 heavy (non-hydrogen) atoms. The molecule has 54 valence electrons. The predicted octanol–water partition coefficient (Wildman–Crippen LogP) is -0.167. The highest BCUT2D eigenvalue weighted by molar-refractivity contribution is 4.81. The van der Waals surface area contributed by atoms with Gasteiger partial charge < -0.3 is 15.6 Å². The van der Waals surface area contributed by atoms with Gasteiger partial charge in [-0.15, -0.1) is 0 Å². The van der Waals surface area contributed by atoms with E-state index in [0.29, 0.717) is 0 Å². The fraction of sp³-hybridized carbons (Fsp3) is 1.00. The van der Waals surface area contributed by atoms with Gasteiger partial charge in [0.05, 0.1) is 12.2 Å². The Hall–Kier alpha value is -0.120. The SMILES string of the molecule is C[C@@]1(CO)CC[C@H](N)O1. The summed E-state index contributed by atoms with van der Waals surface area (Å²) >= 11 is 0. The Balaban J connectivity index is 2.45. The molecular formula is C6H13NO2. The number of nitrogens with two attached hydrogens (primary N) is 1. The molecule has 0 bridgehead atoms. The van der Waals surface area contributed by atoms with Gasteiger partial charge in [-0.05, 0) is 19.8 Å². The lowest BCUT2D eigenvalue weighted by molar-refractivity contribution is -0.0582. The third-order valence-corrected chi connectivity index (χ3v) is 1.73. The maximum absolute atomic E-state index is 8.76. The van der Waals surface area contributed by atoms with E-state index in [1.54, 1.807) is 0 Å². The zero-order valence-electron chi connectivity index (χ0n) is 5.63. The minimum Gasteiger partial charge on any atom is -0.393 e. The van der Waals surface area contributed by atoms with Gasteiger partial charge in [0.2, 0.25) is 0 Å². The quantitative estimate of drug-likeness (QED) is 0.519. The zero-order valence-corrected chi connectivity index (χ0v) is 5.63. The summed E-state index contributed by atoms with van der Waals surface area (Å²) in [6.07, 6.45) is 1.56. The van der Waals surface area contributed by atoms with E-state index in [-0.39, 0.29) is 18.4 Å². The van der Waals surface area contributed by atoms with E-state index >= 15 is 0 Å². The summed E-state index contributed by atoms with van der Waals surface area (Å²) in [6.45, 7) is 1.94. The molecule has 1 fully saturated rings. The van der Waals surface area contributed by atoms with Crippen molar-refractivity contribution in [1.82, 2.24) is 0 Å². The van der Waals surface area contributed by atoms with Gasteiger partial charge in [0, 0.05) is 0 Å². The summed E-state index contributed by atoms with van der Waals surface area (Å²) in [7, 11) is 0. The number of aliphatic hydroxyl groups excluding tert-OH is 1. The molecule has 1 saturated heterocycles. The van der Waals surface area contributed by atoms with Crippen LogP contribution in [0, 0.1) is 0 Å². The van der Waals surface area contributed by atoms with Gasteiger partial charge in [0.25, 0.3) is 0 Å². The normalized spacial score (nSPS) is 43.7.